The van der Waals surface area contributed by atoms with Crippen molar-refractivity contribution in [3.05, 3.63) is 41.5 Å². The van der Waals surface area contributed by atoms with Crippen molar-refractivity contribution < 1.29 is 9.18 Å². The zero-order valence-electron chi connectivity index (χ0n) is 16.4. The topological polar surface area (TPSA) is 58.1 Å². The fourth-order valence-electron chi connectivity index (χ4n) is 2.57. The second-order valence-corrected chi connectivity index (χ2v) is 7.49. The minimum Gasteiger partial charge on any atom is -0.354 e. The van der Waals surface area contributed by atoms with Gasteiger partial charge in [0, 0.05) is 43.5 Å². The van der Waals surface area contributed by atoms with Crippen LogP contribution in [0, 0.1) is 5.82 Å². The molecule has 0 bridgehead atoms. The second kappa shape index (κ2) is 11.0. The summed E-state index contributed by atoms with van der Waals surface area (Å²) in [6, 6.07) is 6.61. The van der Waals surface area contributed by atoms with Crippen LogP contribution in [0.15, 0.2) is 24.3 Å². The van der Waals surface area contributed by atoms with Gasteiger partial charge in [0.15, 0.2) is 0 Å². The van der Waals surface area contributed by atoms with E-state index in [2.05, 4.69) is 33.4 Å². The number of benzene rings is 1. The van der Waals surface area contributed by atoms with Gasteiger partial charge in [-0.1, -0.05) is 32.4 Å². The van der Waals surface area contributed by atoms with Crippen LogP contribution in [0.1, 0.15) is 57.8 Å². The number of rotatable bonds is 11. The van der Waals surface area contributed by atoms with E-state index in [4.69, 9.17) is 0 Å². The highest BCUT2D eigenvalue weighted by Crippen LogP contribution is 2.20. The molecule has 5 nitrogen and oxygen atoms in total. The molecule has 0 aliphatic carbocycles. The van der Waals surface area contributed by atoms with Gasteiger partial charge >= 0.3 is 0 Å². The number of unbranched alkanes of at least 4 members (excludes halogenated alkanes) is 1. The van der Waals surface area contributed by atoms with Gasteiger partial charge in [0.2, 0.25) is 11.0 Å². The van der Waals surface area contributed by atoms with Crippen LogP contribution in [0.25, 0.3) is 0 Å². The first-order chi connectivity index (χ1) is 13.0. The Balaban J connectivity index is 1.97. The number of aromatic nitrogens is 2. The molecular formula is C20H29FN4OS. The molecule has 0 saturated heterocycles. The number of hydrogen-bond acceptors (Lipinski definition) is 5. The summed E-state index contributed by atoms with van der Waals surface area (Å²) in [6.45, 7) is 7.71. The normalized spacial score (nSPS) is 12.0. The average Bonchev–Trinajstić information content (AvgIpc) is 3.12. The monoisotopic (exact) mass is 392 g/mol. The van der Waals surface area contributed by atoms with Gasteiger partial charge in [0.05, 0.1) is 0 Å². The van der Waals surface area contributed by atoms with Crippen LogP contribution in [0.2, 0.25) is 0 Å². The van der Waals surface area contributed by atoms with E-state index in [0.29, 0.717) is 19.4 Å². The maximum Gasteiger partial charge on any atom is 0.221 e. The van der Waals surface area contributed by atoms with Gasteiger partial charge < -0.3 is 10.2 Å². The van der Waals surface area contributed by atoms with Gasteiger partial charge in [-0.25, -0.2) is 9.37 Å². The number of amides is 1. The second-order valence-electron chi connectivity index (χ2n) is 6.76. The lowest BCUT2D eigenvalue weighted by Crippen LogP contribution is -2.35. The van der Waals surface area contributed by atoms with E-state index in [9.17, 15) is 9.18 Å². The van der Waals surface area contributed by atoms with Crippen LogP contribution in [-0.4, -0.2) is 34.4 Å². The van der Waals surface area contributed by atoms with Gasteiger partial charge in [-0.05, 0) is 37.5 Å². The van der Waals surface area contributed by atoms with E-state index in [-0.39, 0.29) is 17.8 Å². The smallest absolute Gasteiger partial charge is 0.221 e. The molecule has 27 heavy (non-hydrogen) atoms. The van der Waals surface area contributed by atoms with Crippen molar-refractivity contribution >= 4 is 22.6 Å². The van der Waals surface area contributed by atoms with Crippen molar-refractivity contribution in [3.63, 3.8) is 0 Å². The Bertz CT molecular complexity index is 704. The van der Waals surface area contributed by atoms with E-state index in [1.807, 2.05) is 6.92 Å². The molecule has 1 amide bonds. The first-order valence-electron chi connectivity index (χ1n) is 9.63. The SMILES string of the molecule is CCCCN(CCC(=O)N[C@H](C)CC)c1nc(Cc2ccc(F)cc2)ns1. The number of nitrogens with zero attached hydrogens (tertiary/aromatic N) is 3. The summed E-state index contributed by atoms with van der Waals surface area (Å²) in [4.78, 5) is 18.9. The standard InChI is InChI=1S/C20H29FN4OS/c1-4-6-12-25(13-11-19(26)22-15(3)5-2)20-23-18(24-27-20)14-16-7-9-17(21)10-8-16/h7-10,15H,4-6,11-14H2,1-3H3,(H,22,26)/t15-/m1/s1. The average molecular weight is 393 g/mol. The van der Waals surface area contributed by atoms with Crippen LogP contribution in [0.5, 0.6) is 0 Å². The fourth-order valence-corrected chi connectivity index (χ4v) is 3.30. The predicted molar refractivity (Wildman–Crippen MR) is 109 cm³/mol. The van der Waals surface area contributed by atoms with E-state index in [0.717, 1.165) is 42.3 Å². The third-order valence-electron chi connectivity index (χ3n) is 4.41. The Labute approximate surface area is 165 Å². The van der Waals surface area contributed by atoms with Crippen molar-refractivity contribution in [1.82, 2.24) is 14.7 Å². The molecule has 0 radical (unpaired) electrons. The molecule has 1 N–H and O–H groups in total. The molecule has 0 aliphatic heterocycles. The quantitative estimate of drug-likeness (QED) is 0.623. The van der Waals surface area contributed by atoms with Crippen molar-refractivity contribution in [2.75, 3.05) is 18.0 Å². The Kier molecular flexibility index (Phi) is 8.64. The third kappa shape index (κ3) is 7.25. The highest BCUT2D eigenvalue weighted by Gasteiger charge is 2.15. The summed E-state index contributed by atoms with van der Waals surface area (Å²) in [6.07, 6.45) is 4.07. The Morgan fingerprint density at radius 1 is 1.26 bits per heavy atom. The van der Waals surface area contributed by atoms with Crippen LogP contribution in [0.4, 0.5) is 9.52 Å². The number of anilines is 1. The molecule has 1 heterocycles. The number of halogens is 1. The molecule has 7 heteroatoms. The maximum absolute atomic E-state index is 13.0. The van der Waals surface area contributed by atoms with Gasteiger partial charge in [0.25, 0.3) is 0 Å². The molecule has 2 rings (SSSR count). The zero-order valence-corrected chi connectivity index (χ0v) is 17.2. The molecule has 1 aromatic carbocycles. The molecular weight excluding hydrogens is 363 g/mol. The first-order valence-corrected chi connectivity index (χ1v) is 10.4. The Morgan fingerprint density at radius 3 is 2.67 bits per heavy atom. The van der Waals surface area contributed by atoms with Crippen LogP contribution in [0.3, 0.4) is 0 Å². The summed E-state index contributed by atoms with van der Waals surface area (Å²) in [5.41, 5.74) is 0.980. The molecule has 1 aromatic heterocycles. The van der Waals surface area contributed by atoms with Crippen LogP contribution < -0.4 is 10.2 Å². The van der Waals surface area contributed by atoms with Crippen molar-refractivity contribution in [2.24, 2.45) is 0 Å². The molecule has 0 fully saturated rings. The Hall–Kier alpha value is -2.02. The molecule has 1 atom stereocenters. The fraction of sp³-hybridized carbons (Fsp3) is 0.550. The van der Waals surface area contributed by atoms with E-state index < -0.39 is 0 Å². The molecule has 148 valence electrons. The van der Waals surface area contributed by atoms with Gasteiger partial charge in [-0.3, -0.25) is 4.79 Å². The molecule has 0 saturated carbocycles. The first kappa shape index (κ1) is 21.3. The molecule has 0 aliphatic rings. The van der Waals surface area contributed by atoms with Crippen LogP contribution in [-0.2, 0) is 11.2 Å². The summed E-state index contributed by atoms with van der Waals surface area (Å²) in [5, 5.41) is 3.85. The van der Waals surface area contributed by atoms with Crippen molar-refractivity contribution in [2.45, 2.75) is 58.9 Å². The minimum atomic E-state index is -0.243. The van der Waals surface area contributed by atoms with Crippen LogP contribution >= 0.6 is 11.5 Å². The summed E-state index contributed by atoms with van der Waals surface area (Å²) >= 11 is 1.36. The van der Waals surface area contributed by atoms with Gasteiger partial charge in [-0.15, -0.1) is 0 Å². The number of nitrogens with one attached hydrogen (secondary N) is 1. The lowest BCUT2D eigenvalue weighted by molar-refractivity contribution is -0.121. The van der Waals surface area contributed by atoms with Gasteiger partial charge in [-0.2, -0.15) is 4.37 Å². The number of carbonyl (C=O) groups excluding carboxylic acids is 1. The van der Waals surface area contributed by atoms with E-state index in [1.54, 1.807) is 12.1 Å². The zero-order chi connectivity index (χ0) is 19.6. The van der Waals surface area contributed by atoms with Crippen molar-refractivity contribution in [1.29, 1.82) is 0 Å². The number of carbonyl (C=O) groups is 1. The predicted octanol–water partition coefficient (Wildman–Crippen LogP) is 4.18. The minimum absolute atomic E-state index is 0.0712. The Morgan fingerprint density at radius 2 is 2.00 bits per heavy atom. The molecule has 2 aromatic rings. The maximum atomic E-state index is 13.0. The lowest BCUT2D eigenvalue weighted by atomic mass is 10.1. The van der Waals surface area contributed by atoms with Crippen molar-refractivity contribution in [3.8, 4) is 0 Å². The summed E-state index contributed by atoms with van der Waals surface area (Å²) < 4.78 is 17.5. The summed E-state index contributed by atoms with van der Waals surface area (Å²) in [7, 11) is 0. The molecule has 0 spiro atoms. The highest BCUT2D eigenvalue weighted by molar-refractivity contribution is 7.09. The number of hydrogen-bond donors (Lipinski definition) is 1. The largest absolute Gasteiger partial charge is 0.354 e. The third-order valence-corrected chi connectivity index (χ3v) is 5.23. The van der Waals surface area contributed by atoms with E-state index >= 15 is 0 Å². The van der Waals surface area contributed by atoms with E-state index in [1.165, 1.54) is 23.7 Å². The van der Waals surface area contributed by atoms with Gasteiger partial charge in [0.1, 0.15) is 11.6 Å². The lowest BCUT2D eigenvalue weighted by Gasteiger charge is -2.21. The highest BCUT2D eigenvalue weighted by atomic mass is 32.1. The molecule has 0 unspecified atom stereocenters. The summed E-state index contributed by atoms with van der Waals surface area (Å²) in [5.74, 6) is 0.557.